The number of aromatic amines is 1. The fraction of sp³-hybridized carbons (Fsp3) is 0.333. The Bertz CT molecular complexity index is 996. The van der Waals surface area contributed by atoms with Crippen molar-refractivity contribution < 1.29 is 9.59 Å². The van der Waals surface area contributed by atoms with Crippen LogP contribution in [0.4, 0.5) is 0 Å². The van der Waals surface area contributed by atoms with Crippen LogP contribution in [0.15, 0.2) is 36.5 Å². The van der Waals surface area contributed by atoms with Gasteiger partial charge in [0, 0.05) is 53.0 Å². The minimum Gasteiger partial charge on any atom is -0.361 e. The predicted octanol–water partition coefficient (Wildman–Crippen LogP) is 3.37. The van der Waals surface area contributed by atoms with Crippen molar-refractivity contribution in [3.8, 4) is 0 Å². The van der Waals surface area contributed by atoms with Crippen LogP contribution >= 0.6 is 11.3 Å². The smallest absolute Gasteiger partial charge is 0.255 e. The summed E-state index contributed by atoms with van der Waals surface area (Å²) < 4.78 is 0. The van der Waals surface area contributed by atoms with Crippen LogP contribution in [0.3, 0.4) is 0 Å². The third-order valence-corrected chi connectivity index (χ3v) is 6.17. The molecule has 1 aliphatic rings. The highest BCUT2D eigenvalue weighted by molar-refractivity contribution is 7.12. The lowest BCUT2D eigenvalue weighted by Gasteiger charge is -2.34. The molecule has 0 radical (unpaired) electrons. The van der Waals surface area contributed by atoms with E-state index in [4.69, 9.17) is 0 Å². The third kappa shape index (κ3) is 3.49. The lowest BCUT2D eigenvalue weighted by Crippen LogP contribution is -2.51. The van der Waals surface area contributed by atoms with Gasteiger partial charge in [-0.05, 0) is 31.5 Å². The SMILES string of the molecule is Cc1cc(C(=O)N2CCN(C(=O)Cc3c[nH]c4ccccc34)CC2)c(C)s1. The fourth-order valence-electron chi connectivity index (χ4n) is 3.73. The number of piperazine rings is 1. The Morgan fingerprint density at radius 3 is 2.48 bits per heavy atom. The number of hydrogen-bond donors (Lipinski definition) is 1. The molecule has 140 valence electrons. The lowest BCUT2D eigenvalue weighted by atomic mass is 10.1. The van der Waals surface area contributed by atoms with Crippen molar-refractivity contribution >= 4 is 34.1 Å². The molecule has 1 aliphatic heterocycles. The molecule has 5 nitrogen and oxygen atoms in total. The van der Waals surface area contributed by atoms with Gasteiger partial charge < -0.3 is 14.8 Å². The molecule has 27 heavy (non-hydrogen) atoms. The number of carbonyl (C=O) groups excluding carboxylic acids is 2. The molecule has 0 aliphatic carbocycles. The zero-order valence-corrected chi connectivity index (χ0v) is 16.4. The summed E-state index contributed by atoms with van der Waals surface area (Å²) >= 11 is 1.65. The molecule has 0 atom stereocenters. The van der Waals surface area contributed by atoms with E-state index in [1.807, 2.05) is 60.2 Å². The van der Waals surface area contributed by atoms with E-state index in [9.17, 15) is 9.59 Å². The zero-order chi connectivity index (χ0) is 19.0. The summed E-state index contributed by atoms with van der Waals surface area (Å²) in [6.45, 7) is 6.38. The molecule has 0 bridgehead atoms. The number of nitrogens with zero attached hydrogens (tertiary/aromatic N) is 2. The first kappa shape index (κ1) is 17.8. The molecule has 1 N–H and O–H groups in total. The fourth-order valence-corrected chi connectivity index (χ4v) is 4.64. The van der Waals surface area contributed by atoms with Crippen molar-refractivity contribution in [3.05, 3.63) is 57.4 Å². The van der Waals surface area contributed by atoms with E-state index >= 15 is 0 Å². The molecule has 1 saturated heterocycles. The van der Waals surface area contributed by atoms with Crippen LogP contribution in [-0.4, -0.2) is 52.8 Å². The van der Waals surface area contributed by atoms with Gasteiger partial charge in [-0.1, -0.05) is 18.2 Å². The minimum absolute atomic E-state index is 0.0839. The highest BCUT2D eigenvalue weighted by atomic mass is 32.1. The van der Waals surface area contributed by atoms with E-state index in [0.717, 1.165) is 31.8 Å². The average Bonchev–Trinajstić information content (AvgIpc) is 3.24. The molecular weight excluding hydrogens is 358 g/mol. The third-order valence-electron chi connectivity index (χ3n) is 5.21. The number of aromatic nitrogens is 1. The Balaban J connectivity index is 1.38. The summed E-state index contributed by atoms with van der Waals surface area (Å²) in [6.07, 6.45) is 2.31. The van der Waals surface area contributed by atoms with Gasteiger partial charge in [0.2, 0.25) is 5.91 Å². The number of amides is 2. The van der Waals surface area contributed by atoms with Gasteiger partial charge in [0.15, 0.2) is 0 Å². The highest BCUT2D eigenvalue weighted by Gasteiger charge is 2.26. The number of carbonyl (C=O) groups is 2. The van der Waals surface area contributed by atoms with E-state index in [2.05, 4.69) is 4.98 Å². The molecule has 2 amide bonds. The first-order valence-electron chi connectivity index (χ1n) is 9.22. The molecular formula is C21H23N3O2S. The molecule has 4 rings (SSSR count). The summed E-state index contributed by atoms with van der Waals surface area (Å²) in [5, 5.41) is 1.10. The van der Waals surface area contributed by atoms with Gasteiger partial charge in [-0.15, -0.1) is 11.3 Å². The molecule has 1 fully saturated rings. The van der Waals surface area contributed by atoms with Crippen LogP contribution in [0.25, 0.3) is 10.9 Å². The normalized spacial score (nSPS) is 14.7. The van der Waals surface area contributed by atoms with Crippen LogP contribution in [0.5, 0.6) is 0 Å². The van der Waals surface area contributed by atoms with Crippen LogP contribution in [0.1, 0.15) is 25.7 Å². The Morgan fingerprint density at radius 1 is 1.07 bits per heavy atom. The van der Waals surface area contributed by atoms with E-state index in [1.54, 1.807) is 11.3 Å². The Kier molecular flexibility index (Phi) is 4.74. The van der Waals surface area contributed by atoms with Crippen molar-refractivity contribution in [2.24, 2.45) is 0 Å². The number of benzene rings is 1. The van der Waals surface area contributed by atoms with Crippen molar-refractivity contribution in [2.75, 3.05) is 26.2 Å². The van der Waals surface area contributed by atoms with Gasteiger partial charge in [0.1, 0.15) is 0 Å². The summed E-state index contributed by atoms with van der Waals surface area (Å²) in [5.74, 6) is 0.204. The highest BCUT2D eigenvalue weighted by Crippen LogP contribution is 2.23. The van der Waals surface area contributed by atoms with Gasteiger partial charge in [0.05, 0.1) is 12.0 Å². The van der Waals surface area contributed by atoms with Gasteiger partial charge >= 0.3 is 0 Å². The van der Waals surface area contributed by atoms with Crippen molar-refractivity contribution in [2.45, 2.75) is 20.3 Å². The van der Waals surface area contributed by atoms with Gasteiger partial charge in [0.25, 0.3) is 5.91 Å². The Hall–Kier alpha value is -2.60. The molecule has 6 heteroatoms. The Morgan fingerprint density at radius 2 is 1.78 bits per heavy atom. The maximum Gasteiger partial charge on any atom is 0.255 e. The molecule has 0 spiro atoms. The first-order valence-corrected chi connectivity index (χ1v) is 10.0. The van der Waals surface area contributed by atoms with Crippen molar-refractivity contribution in [1.29, 1.82) is 0 Å². The molecule has 2 aromatic heterocycles. The number of rotatable bonds is 3. The molecule has 0 unspecified atom stereocenters. The second kappa shape index (κ2) is 7.19. The van der Waals surface area contributed by atoms with E-state index in [1.165, 1.54) is 0 Å². The number of fused-ring (bicyclic) bond motifs is 1. The second-order valence-corrected chi connectivity index (χ2v) is 8.50. The van der Waals surface area contributed by atoms with Crippen molar-refractivity contribution in [3.63, 3.8) is 0 Å². The number of aryl methyl sites for hydroxylation is 2. The molecule has 1 aromatic carbocycles. The van der Waals surface area contributed by atoms with Gasteiger partial charge in [-0.2, -0.15) is 0 Å². The Labute approximate surface area is 162 Å². The maximum absolute atomic E-state index is 12.7. The number of para-hydroxylation sites is 1. The maximum atomic E-state index is 12.7. The van der Waals surface area contributed by atoms with Crippen molar-refractivity contribution in [1.82, 2.24) is 14.8 Å². The first-order chi connectivity index (χ1) is 13.0. The number of H-pyrrole nitrogens is 1. The number of hydrogen-bond acceptors (Lipinski definition) is 3. The van der Waals surface area contributed by atoms with Crippen LogP contribution in [-0.2, 0) is 11.2 Å². The molecule has 0 saturated carbocycles. The molecule has 3 aromatic rings. The standard InChI is InChI=1S/C21H23N3O2S/c1-14-11-18(15(2)27-14)21(26)24-9-7-23(8-10-24)20(25)12-16-13-22-19-6-4-3-5-17(16)19/h3-6,11,13,22H,7-10,12H2,1-2H3. The monoisotopic (exact) mass is 381 g/mol. The van der Waals surface area contributed by atoms with Crippen LogP contribution < -0.4 is 0 Å². The van der Waals surface area contributed by atoms with Gasteiger partial charge in [-0.3, -0.25) is 9.59 Å². The summed E-state index contributed by atoms with van der Waals surface area (Å²) in [4.78, 5) is 34.6. The quantitative estimate of drug-likeness (QED) is 0.756. The molecule has 3 heterocycles. The van der Waals surface area contributed by atoms with E-state index in [-0.39, 0.29) is 11.8 Å². The second-order valence-electron chi connectivity index (χ2n) is 7.04. The minimum atomic E-state index is 0.0839. The summed E-state index contributed by atoms with van der Waals surface area (Å²) in [6, 6.07) is 10.00. The van der Waals surface area contributed by atoms with Crippen LogP contribution in [0.2, 0.25) is 0 Å². The van der Waals surface area contributed by atoms with Gasteiger partial charge in [-0.25, -0.2) is 0 Å². The number of thiophene rings is 1. The lowest BCUT2D eigenvalue weighted by molar-refractivity contribution is -0.131. The summed E-state index contributed by atoms with van der Waals surface area (Å²) in [5.41, 5.74) is 2.88. The average molecular weight is 382 g/mol. The predicted molar refractivity (Wildman–Crippen MR) is 108 cm³/mol. The van der Waals surface area contributed by atoms with E-state index < -0.39 is 0 Å². The number of nitrogens with one attached hydrogen (secondary N) is 1. The largest absolute Gasteiger partial charge is 0.361 e. The summed E-state index contributed by atoms with van der Waals surface area (Å²) in [7, 11) is 0. The van der Waals surface area contributed by atoms with Crippen LogP contribution in [0, 0.1) is 13.8 Å². The zero-order valence-electron chi connectivity index (χ0n) is 15.6. The van der Waals surface area contributed by atoms with E-state index in [0.29, 0.717) is 32.6 Å². The topological polar surface area (TPSA) is 56.4 Å².